The quantitative estimate of drug-likeness (QED) is 0.434. The maximum atomic E-state index is 11.8. The van der Waals surface area contributed by atoms with E-state index >= 15 is 0 Å². The first-order valence-electron chi connectivity index (χ1n) is 6.91. The summed E-state index contributed by atoms with van der Waals surface area (Å²) in [6.07, 6.45) is 0.424. The summed E-state index contributed by atoms with van der Waals surface area (Å²) in [5, 5.41) is 0.804. The summed E-state index contributed by atoms with van der Waals surface area (Å²) in [7, 11) is 0. The highest BCUT2D eigenvalue weighted by atomic mass is 35.5. The van der Waals surface area contributed by atoms with Crippen LogP contribution in [0, 0.1) is 0 Å². The third-order valence-corrected chi connectivity index (χ3v) is 3.52. The van der Waals surface area contributed by atoms with Crippen molar-refractivity contribution in [3.8, 4) is 11.5 Å². The predicted molar refractivity (Wildman–Crippen MR) is 88.7 cm³/mol. The summed E-state index contributed by atoms with van der Waals surface area (Å²) in [4.78, 5) is 23.3. The molecule has 0 aliphatic rings. The maximum absolute atomic E-state index is 11.8. The molecule has 23 heavy (non-hydrogen) atoms. The maximum Gasteiger partial charge on any atom is 0.349 e. The topological polar surface area (TPSA) is 52.6 Å². The van der Waals surface area contributed by atoms with Crippen LogP contribution in [0.3, 0.4) is 0 Å². The van der Waals surface area contributed by atoms with Crippen LogP contribution < -0.4 is 9.47 Å². The number of benzene rings is 2. The van der Waals surface area contributed by atoms with Crippen molar-refractivity contribution in [2.24, 2.45) is 0 Å². The van der Waals surface area contributed by atoms with Gasteiger partial charge in [0.1, 0.15) is 11.5 Å². The molecule has 0 spiro atoms. The number of ketones is 1. The van der Waals surface area contributed by atoms with Crippen LogP contribution in [0.15, 0.2) is 42.5 Å². The first-order chi connectivity index (χ1) is 11.0. The molecule has 0 radical (unpaired) electrons. The van der Waals surface area contributed by atoms with Crippen LogP contribution >= 0.6 is 23.2 Å². The van der Waals surface area contributed by atoms with Crippen molar-refractivity contribution < 1.29 is 19.1 Å². The Labute approximate surface area is 143 Å². The molecule has 0 aliphatic carbocycles. The predicted octanol–water partition coefficient (Wildman–Crippen LogP) is 4.57. The summed E-state index contributed by atoms with van der Waals surface area (Å²) in [5.74, 6) is 0.0841. The second-order valence-corrected chi connectivity index (χ2v) is 5.48. The van der Waals surface area contributed by atoms with Gasteiger partial charge in [0.05, 0.1) is 5.02 Å². The second kappa shape index (κ2) is 7.99. The van der Waals surface area contributed by atoms with Crippen molar-refractivity contribution in [2.75, 3.05) is 6.61 Å². The molecular formula is C17H14Cl2O4. The van der Waals surface area contributed by atoms with E-state index in [0.29, 0.717) is 33.5 Å². The number of carbonyl (C=O) groups is 2. The van der Waals surface area contributed by atoms with E-state index in [2.05, 4.69) is 0 Å². The molecule has 0 fully saturated rings. The van der Waals surface area contributed by atoms with E-state index in [1.807, 2.05) is 0 Å². The van der Waals surface area contributed by atoms with Gasteiger partial charge in [0.25, 0.3) is 0 Å². The zero-order chi connectivity index (χ0) is 16.8. The smallest absolute Gasteiger partial charge is 0.349 e. The lowest BCUT2D eigenvalue weighted by Crippen LogP contribution is -2.17. The van der Waals surface area contributed by atoms with Gasteiger partial charge in [-0.15, -0.1) is 0 Å². The zero-order valence-electron chi connectivity index (χ0n) is 12.3. The molecule has 0 saturated carbocycles. The third-order valence-electron chi connectivity index (χ3n) is 2.97. The Balaban J connectivity index is 1.92. The molecule has 4 nitrogen and oxygen atoms in total. The monoisotopic (exact) mass is 352 g/mol. The minimum absolute atomic E-state index is 0.0295. The molecular weight excluding hydrogens is 339 g/mol. The third kappa shape index (κ3) is 4.98. The van der Waals surface area contributed by atoms with E-state index in [4.69, 9.17) is 32.7 Å². The van der Waals surface area contributed by atoms with Gasteiger partial charge in [-0.25, -0.2) is 4.79 Å². The Bertz CT molecular complexity index is 711. The highest BCUT2D eigenvalue weighted by molar-refractivity contribution is 6.34. The fourth-order valence-electron chi connectivity index (χ4n) is 1.80. The number of hydrogen-bond acceptors (Lipinski definition) is 4. The van der Waals surface area contributed by atoms with Gasteiger partial charge in [-0.2, -0.15) is 0 Å². The van der Waals surface area contributed by atoms with Gasteiger partial charge in [-0.3, -0.25) is 4.79 Å². The summed E-state index contributed by atoms with van der Waals surface area (Å²) in [6.45, 7) is 1.48. The number of rotatable bonds is 6. The Kier molecular flexibility index (Phi) is 6.02. The molecule has 120 valence electrons. The number of hydrogen-bond donors (Lipinski definition) is 0. The second-order valence-electron chi connectivity index (χ2n) is 4.64. The molecule has 0 saturated heterocycles. The molecule has 0 aliphatic heterocycles. The Morgan fingerprint density at radius 1 is 1.04 bits per heavy atom. The minimum Gasteiger partial charge on any atom is -0.480 e. The van der Waals surface area contributed by atoms with Crippen molar-refractivity contribution in [1.82, 2.24) is 0 Å². The van der Waals surface area contributed by atoms with Crippen molar-refractivity contribution in [1.29, 1.82) is 0 Å². The molecule has 2 aromatic rings. The zero-order valence-corrected chi connectivity index (χ0v) is 13.9. The SMILES string of the molecule is CCC(=O)c1ccc(OC(=O)COc2cc(Cl)ccc2Cl)cc1. The van der Waals surface area contributed by atoms with Crippen molar-refractivity contribution in [3.05, 3.63) is 58.1 Å². The lowest BCUT2D eigenvalue weighted by atomic mass is 10.1. The standard InChI is InChI=1S/C17H14Cl2O4/c1-2-15(20)11-3-6-13(7-4-11)23-17(21)10-22-16-9-12(18)5-8-14(16)19/h3-9H,2,10H2,1H3. The van der Waals surface area contributed by atoms with E-state index in [-0.39, 0.29) is 12.4 Å². The lowest BCUT2D eigenvalue weighted by Gasteiger charge is -2.08. The highest BCUT2D eigenvalue weighted by Gasteiger charge is 2.10. The van der Waals surface area contributed by atoms with Crippen molar-refractivity contribution in [3.63, 3.8) is 0 Å². The lowest BCUT2D eigenvalue weighted by molar-refractivity contribution is -0.136. The molecule has 0 heterocycles. The molecule has 0 amide bonds. The van der Waals surface area contributed by atoms with Crippen LogP contribution in [0.5, 0.6) is 11.5 Å². The van der Waals surface area contributed by atoms with Crippen LogP contribution in [0.2, 0.25) is 10.0 Å². The largest absolute Gasteiger partial charge is 0.480 e. The van der Waals surface area contributed by atoms with Crippen molar-refractivity contribution in [2.45, 2.75) is 13.3 Å². The van der Waals surface area contributed by atoms with Crippen LogP contribution in [0.4, 0.5) is 0 Å². The van der Waals surface area contributed by atoms with Crippen LogP contribution in [0.1, 0.15) is 23.7 Å². The number of Topliss-reactive ketones (excluding diaryl/α,β-unsaturated/α-hetero) is 1. The van der Waals surface area contributed by atoms with E-state index in [1.54, 1.807) is 43.3 Å². The summed E-state index contributed by atoms with van der Waals surface area (Å²) in [6, 6.07) is 11.1. The fourth-order valence-corrected chi connectivity index (χ4v) is 2.13. The molecule has 0 unspecified atom stereocenters. The minimum atomic E-state index is -0.587. The van der Waals surface area contributed by atoms with E-state index in [9.17, 15) is 9.59 Å². The summed E-state index contributed by atoms with van der Waals surface area (Å²) in [5.41, 5.74) is 0.578. The van der Waals surface area contributed by atoms with Gasteiger partial charge < -0.3 is 9.47 Å². The van der Waals surface area contributed by atoms with E-state index < -0.39 is 5.97 Å². The molecule has 2 rings (SSSR count). The van der Waals surface area contributed by atoms with Gasteiger partial charge in [0, 0.05) is 23.1 Å². The Hall–Kier alpha value is -2.04. The van der Waals surface area contributed by atoms with Crippen LogP contribution in [0.25, 0.3) is 0 Å². The van der Waals surface area contributed by atoms with Gasteiger partial charge in [-0.1, -0.05) is 30.1 Å². The van der Waals surface area contributed by atoms with Crippen LogP contribution in [-0.4, -0.2) is 18.4 Å². The first kappa shape index (κ1) is 17.3. The number of carbonyl (C=O) groups excluding carboxylic acids is 2. The number of ether oxygens (including phenoxy) is 2. The number of halogens is 2. The van der Waals surface area contributed by atoms with E-state index in [1.165, 1.54) is 6.07 Å². The van der Waals surface area contributed by atoms with Gasteiger partial charge in [0.2, 0.25) is 0 Å². The first-order valence-corrected chi connectivity index (χ1v) is 7.67. The average Bonchev–Trinajstić information content (AvgIpc) is 2.55. The number of esters is 1. The van der Waals surface area contributed by atoms with Crippen LogP contribution in [-0.2, 0) is 4.79 Å². The highest BCUT2D eigenvalue weighted by Crippen LogP contribution is 2.27. The Morgan fingerprint density at radius 3 is 2.39 bits per heavy atom. The molecule has 0 aromatic heterocycles. The molecule has 0 N–H and O–H groups in total. The Morgan fingerprint density at radius 2 is 1.74 bits per heavy atom. The molecule has 0 atom stereocenters. The normalized spacial score (nSPS) is 10.2. The van der Waals surface area contributed by atoms with Gasteiger partial charge in [0.15, 0.2) is 12.4 Å². The average molecular weight is 353 g/mol. The molecule has 0 bridgehead atoms. The van der Waals surface area contributed by atoms with Crippen molar-refractivity contribution >= 4 is 35.0 Å². The van der Waals surface area contributed by atoms with Gasteiger partial charge >= 0.3 is 5.97 Å². The summed E-state index contributed by atoms with van der Waals surface area (Å²) >= 11 is 11.8. The summed E-state index contributed by atoms with van der Waals surface area (Å²) < 4.78 is 10.4. The molecule has 2 aromatic carbocycles. The fraction of sp³-hybridized carbons (Fsp3) is 0.176. The molecule has 6 heteroatoms. The van der Waals surface area contributed by atoms with Gasteiger partial charge in [-0.05, 0) is 36.4 Å². The van der Waals surface area contributed by atoms with E-state index in [0.717, 1.165) is 0 Å².